The molecule has 0 aromatic rings. The molecule has 0 atom stereocenters. The van der Waals surface area contributed by atoms with Gasteiger partial charge in [0.05, 0.1) is 5.00 Å². The highest BCUT2D eigenvalue weighted by Gasteiger charge is 2.25. The molecular weight excluding hydrogens is 200 g/mol. The van der Waals surface area contributed by atoms with E-state index in [4.69, 9.17) is 17.3 Å². The first-order valence-electron chi connectivity index (χ1n) is 4.99. The molecule has 3 nitrogen and oxygen atoms in total. The number of rotatable bonds is 6. The molecule has 0 aromatic carbocycles. The van der Waals surface area contributed by atoms with Crippen LogP contribution in [0.25, 0.3) is 0 Å². The molecule has 0 aliphatic carbocycles. The second kappa shape index (κ2) is 5.56. The first-order valence-corrected chi connectivity index (χ1v) is 5.37. The summed E-state index contributed by atoms with van der Waals surface area (Å²) in [7, 11) is 0. The molecule has 0 radical (unpaired) electrons. The number of primary amides is 1. The third kappa shape index (κ3) is 5.45. The van der Waals surface area contributed by atoms with Gasteiger partial charge in [0.1, 0.15) is 0 Å². The van der Waals surface area contributed by atoms with Crippen molar-refractivity contribution in [3.8, 4) is 0 Å². The first-order chi connectivity index (χ1) is 6.25. The van der Waals surface area contributed by atoms with Crippen molar-refractivity contribution in [3.63, 3.8) is 0 Å². The Bertz CT molecular complexity index is 187. The Kier molecular flexibility index (Phi) is 5.45. The number of hydrogen-bond acceptors (Lipinski definition) is 2. The maximum Gasteiger partial charge on any atom is 0.217 e. The number of alkyl halides is 1. The summed E-state index contributed by atoms with van der Waals surface area (Å²) in [4.78, 5) is 12.4. The van der Waals surface area contributed by atoms with Gasteiger partial charge in [0.25, 0.3) is 0 Å². The van der Waals surface area contributed by atoms with Crippen LogP contribution in [0.1, 0.15) is 40.5 Å². The maximum atomic E-state index is 10.6. The predicted molar refractivity (Wildman–Crippen MR) is 60.2 cm³/mol. The summed E-state index contributed by atoms with van der Waals surface area (Å²) in [6.45, 7) is 8.90. The van der Waals surface area contributed by atoms with E-state index < -0.39 is 0 Å². The molecule has 0 bridgehead atoms. The van der Waals surface area contributed by atoms with Gasteiger partial charge in [-0.05, 0) is 34.1 Å². The molecule has 0 aromatic heterocycles. The van der Waals surface area contributed by atoms with Crippen LogP contribution in [0.3, 0.4) is 0 Å². The van der Waals surface area contributed by atoms with Gasteiger partial charge in [0, 0.05) is 19.0 Å². The SMILES string of the molecule is CC(C)N(CCCC(N)=O)C(C)(C)Cl. The second-order valence-corrected chi connectivity index (χ2v) is 5.19. The molecule has 1 amide bonds. The molecule has 0 saturated heterocycles. The van der Waals surface area contributed by atoms with Crippen molar-refractivity contribution >= 4 is 17.5 Å². The minimum Gasteiger partial charge on any atom is -0.370 e. The zero-order chi connectivity index (χ0) is 11.4. The number of halogens is 1. The second-order valence-electron chi connectivity index (χ2n) is 4.27. The number of carbonyl (C=O) groups is 1. The monoisotopic (exact) mass is 220 g/mol. The Morgan fingerprint density at radius 3 is 2.29 bits per heavy atom. The van der Waals surface area contributed by atoms with Crippen LogP contribution in [0.5, 0.6) is 0 Å². The Labute approximate surface area is 91.6 Å². The van der Waals surface area contributed by atoms with Crippen LogP contribution in [0, 0.1) is 0 Å². The number of carbonyl (C=O) groups excluding carboxylic acids is 1. The fourth-order valence-corrected chi connectivity index (χ4v) is 1.84. The molecule has 0 fully saturated rings. The van der Waals surface area contributed by atoms with Crippen molar-refractivity contribution in [1.82, 2.24) is 4.90 Å². The summed E-state index contributed by atoms with van der Waals surface area (Å²) < 4.78 is 0. The predicted octanol–water partition coefficient (Wildman–Crippen LogP) is 1.94. The summed E-state index contributed by atoms with van der Waals surface area (Å²) in [5.74, 6) is -0.249. The van der Waals surface area contributed by atoms with Crippen LogP contribution >= 0.6 is 11.6 Å². The lowest BCUT2D eigenvalue weighted by Crippen LogP contribution is -2.44. The third-order valence-electron chi connectivity index (χ3n) is 2.13. The smallest absolute Gasteiger partial charge is 0.217 e. The van der Waals surface area contributed by atoms with Crippen molar-refractivity contribution in [1.29, 1.82) is 0 Å². The quantitative estimate of drug-likeness (QED) is 0.549. The summed E-state index contributed by atoms with van der Waals surface area (Å²) in [5.41, 5.74) is 5.07. The number of nitrogens with two attached hydrogens (primary N) is 1. The van der Waals surface area contributed by atoms with Gasteiger partial charge in [-0.2, -0.15) is 0 Å². The molecule has 0 aliphatic rings. The molecule has 0 saturated carbocycles. The van der Waals surface area contributed by atoms with Gasteiger partial charge in [0.2, 0.25) is 5.91 Å². The standard InChI is InChI=1S/C10H21ClN2O/c1-8(2)13(10(3,4)11)7-5-6-9(12)14/h8H,5-7H2,1-4H3,(H2,12,14). The Morgan fingerprint density at radius 1 is 1.50 bits per heavy atom. The number of amides is 1. The summed E-state index contributed by atoms with van der Waals surface area (Å²) >= 11 is 6.22. The normalized spacial score (nSPS) is 12.5. The van der Waals surface area contributed by atoms with Crippen molar-refractivity contribution in [2.75, 3.05) is 6.54 Å². The molecule has 0 spiro atoms. The minimum absolute atomic E-state index is 0.249. The highest BCUT2D eigenvalue weighted by atomic mass is 35.5. The lowest BCUT2D eigenvalue weighted by Gasteiger charge is -2.36. The highest BCUT2D eigenvalue weighted by Crippen LogP contribution is 2.22. The van der Waals surface area contributed by atoms with Crippen LogP contribution in [-0.4, -0.2) is 28.4 Å². The van der Waals surface area contributed by atoms with Crippen molar-refractivity contribution in [2.45, 2.75) is 51.6 Å². The van der Waals surface area contributed by atoms with Gasteiger partial charge in [-0.25, -0.2) is 0 Å². The van der Waals surface area contributed by atoms with E-state index in [0.717, 1.165) is 13.0 Å². The molecular formula is C10H21ClN2O. The van der Waals surface area contributed by atoms with E-state index in [1.807, 2.05) is 13.8 Å². The zero-order valence-corrected chi connectivity index (χ0v) is 10.3. The van der Waals surface area contributed by atoms with Crippen LogP contribution in [0.15, 0.2) is 0 Å². The van der Waals surface area contributed by atoms with Crippen LogP contribution in [0.2, 0.25) is 0 Å². The molecule has 0 heterocycles. The van der Waals surface area contributed by atoms with E-state index >= 15 is 0 Å². The Balaban J connectivity index is 4.06. The van der Waals surface area contributed by atoms with Crippen molar-refractivity contribution in [2.24, 2.45) is 5.73 Å². The van der Waals surface area contributed by atoms with E-state index in [1.165, 1.54) is 0 Å². The summed E-state index contributed by atoms with van der Waals surface area (Å²) in [6.07, 6.45) is 1.19. The van der Waals surface area contributed by atoms with Gasteiger partial charge in [-0.15, -0.1) is 11.6 Å². The fraction of sp³-hybridized carbons (Fsp3) is 0.900. The van der Waals surface area contributed by atoms with Crippen molar-refractivity contribution < 1.29 is 4.79 Å². The highest BCUT2D eigenvalue weighted by molar-refractivity contribution is 6.23. The summed E-state index contributed by atoms with van der Waals surface area (Å²) in [6, 6.07) is 0.371. The molecule has 0 unspecified atom stereocenters. The van der Waals surface area contributed by atoms with Gasteiger partial charge < -0.3 is 5.73 Å². The molecule has 0 aliphatic heterocycles. The number of nitrogens with zero attached hydrogens (tertiary/aromatic N) is 1. The Hall–Kier alpha value is -0.280. The molecule has 0 rings (SSSR count). The maximum absolute atomic E-state index is 10.6. The average Bonchev–Trinajstić information content (AvgIpc) is 1.94. The van der Waals surface area contributed by atoms with Gasteiger partial charge in [-0.3, -0.25) is 9.69 Å². The van der Waals surface area contributed by atoms with E-state index in [9.17, 15) is 4.79 Å². The number of hydrogen-bond donors (Lipinski definition) is 1. The minimum atomic E-state index is -0.369. The van der Waals surface area contributed by atoms with Crippen molar-refractivity contribution in [3.05, 3.63) is 0 Å². The summed E-state index contributed by atoms with van der Waals surface area (Å²) in [5, 5.41) is 0. The zero-order valence-electron chi connectivity index (χ0n) is 9.51. The molecule has 84 valence electrons. The average molecular weight is 221 g/mol. The third-order valence-corrected chi connectivity index (χ3v) is 2.35. The molecule has 14 heavy (non-hydrogen) atoms. The van der Waals surface area contributed by atoms with Gasteiger partial charge in [0.15, 0.2) is 0 Å². The lowest BCUT2D eigenvalue weighted by molar-refractivity contribution is -0.118. The van der Waals surface area contributed by atoms with E-state index in [2.05, 4.69) is 18.7 Å². The Morgan fingerprint density at radius 2 is 2.00 bits per heavy atom. The fourth-order valence-electron chi connectivity index (χ4n) is 1.56. The van der Waals surface area contributed by atoms with E-state index in [0.29, 0.717) is 12.5 Å². The topological polar surface area (TPSA) is 46.3 Å². The van der Waals surface area contributed by atoms with Crippen LogP contribution < -0.4 is 5.73 Å². The van der Waals surface area contributed by atoms with E-state index in [-0.39, 0.29) is 10.9 Å². The lowest BCUT2D eigenvalue weighted by atomic mass is 10.2. The molecule has 2 N–H and O–H groups in total. The van der Waals surface area contributed by atoms with E-state index in [1.54, 1.807) is 0 Å². The largest absolute Gasteiger partial charge is 0.370 e. The van der Waals surface area contributed by atoms with Crippen LogP contribution in [0.4, 0.5) is 0 Å². The van der Waals surface area contributed by atoms with Gasteiger partial charge in [-0.1, -0.05) is 0 Å². The first kappa shape index (κ1) is 13.7. The van der Waals surface area contributed by atoms with Crippen LogP contribution in [-0.2, 0) is 4.79 Å². The van der Waals surface area contributed by atoms with Gasteiger partial charge >= 0.3 is 0 Å². The molecule has 4 heteroatoms.